The van der Waals surface area contributed by atoms with Crippen LogP contribution >= 0.6 is 0 Å². The topological polar surface area (TPSA) is 51.5 Å². The Bertz CT molecular complexity index is 607. The normalized spacial score (nSPS) is 12.0. The number of rotatable bonds is 7. The van der Waals surface area contributed by atoms with Gasteiger partial charge in [-0.05, 0) is 56.7 Å². The standard InChI is InChI=1S/C17H20FNO3/c1-12-5-10-16(22-12)13(2)19-17(20)4-3-11-21-15-8-6-14(18)7-9-15/h5-10,13H,3-4,11H2,1-2H3,(H,19,20). The highest BCUT2D eigenvalue weighted by Gasteiger charge is 2.12. The van der Waals surface area contributed by atoms with E-state index in [-0.39, 0.29) is 17.8 Å². The third kappa shape index (κ3) is 4.91. The van der Waals surface area contributed by atoms with Crippen molar-refractivity contribution < 1.29 is 18.3 Å². The predicted octanol–water partition coefficient (Wildman–Crippen LogP) is 3.76. The number of furan rings is 1. The van der Waals surface area contributed by atoms with Crippen molar-refractivity contribution in [1.29, 1.82) is 0 Å². The largest absolute Gasteiger partial charge is 0.494 e. The number of benzene rings is 1. The molecule has 2 rings (SSSR count). The van der Waals surface area contributed by atoms with Crippen LogP contribution in [-0.2, 0) is 4.79 Å². The maximum absolute atomic E-state index is 12.7. The van der Waals surface area contributed by atoms with Gasteiger partial charge in [0.25, 0.3) is 0 Å². The lowest BCUT2D eigenvalue weighted by molar-refractivity contribution is -0.122. The molecule has 1 aromatic carbocycles. The summed E-state index contributed by atoms with van der Waals surface area (Å²) in [6.07, 6.45) is 0.957. The van der Waals surface area contributed by atoms with E-state index in [1.807, 2.05) is 26.0 Å². The summed E-state index contributed by atoms with van der Waals surface area (Å²) in [4.78, 5) is 11.8. The van der Waals surface area contributed by atoms with Crippen molar-refractivity contribution in [3.63, 3.8) is 0 Å². The minimum atomic E-state index is -0.297. The fraction of sp³-hybridized carbons (Fsp3) is 0.353. The molecule has 0 radical (unpaired) electrons. The molecule has 2 aromatic rings. The summed E-state index contributed by atoms with van der Waals surface area (Å²) in [5, 5.41) is 2.88. The summed E-state index contributed by atoms with van der Waals surface area (Å²) >= 11 is 0. The lowest BCUT2D eigenvalue weighted by atomic mass is 10.2. The zero-order chi connectivity index (χ0) is 15.9. The van der Waals surface area contributed by atoms with Crippen LogP contribution in [0, 0.1) is 12.7 Å². The predicted molar refractivity (Wildman–Crippen MR) is 81.1 cm³/mol. The van der Waals surface area contributed by atoms with Crippen LogP contribution < -0.4 is 10.1 Å². The molecule has 0 saturated heterocycles. The smallest absolute Gasteiger partial charge is 0.220 e. The van der Waals surface area contributed by atoms with Crippen LogP contribution in [0.3, 0.4) is 0 Å². The molecule has 0 saturated carbocycles. The van der Waals surface area contributed by atoms with Crippen LogP contribution in [0.2, 0.25) is 0 Å². The number of halogens is 1. The molecule has 1 unspecified atom stereocenters. The average molecular weight is 305 g/mol. The zero-order valence-corrected chi connectivity index (χ0v) is 12.8. The molecule has 0 spiro atoms. The van der Waals surface area contributed by atoms with E-state index in [1.165, 1.54) is 12.1 Å². The molecule has 22 heavy (non-hydrogen) atoms. The summed E-state index contributed by atoms with van der Waals surface area (Å²) in [5.41, 5.74) is 0. The van der Waals surface area contributed by atoms with Gasteiger partial charge in [-0.1, -0.05) is 0 Å². The quantitative estimate of drug-likeness (QED) is 0.792. The Morgan fingerprint density at radius 1 is 1.27 bits per heavy atom. The SMILES string of the molecule is Cc1ccc(C(C)NC(=O)CCCOc2ccc(F)cc2)o1. The molecule has 0 bridgehead atoms. The van der Waals surface area contributed by atoms with E-state index < -0.39 is 0 Å². The Morgan fingerprint density at radius 2 is 2.00 bits per heavy atom. The first-order chi connectivity index (χ1) is 10.5. The van der Waals surface area contributed by atoms with Gasteiger partial charge >= 0.3 is 0 Å². The first-order valence-electron chi connectivity index (χ1n) is 7.28. The molecule has 0 aliphatic carbocycles. The average Bonchev–Trinajstić information content (AvgIpc) is 2.92. The Balaban J connectivity index is 1.66. The Kier molecular flexibility index (Phi) is 5.58. The molecule has 0 aliphatic heterocycles. The molecular weight excluding hydrogens is 285 g/mol. The number of ether oxygens (including phenoxy) is 1. The van der Waals surface area contributed by atoms with Gasteiger partial charge in [0.15, 0.2) is 0 Å². The number of amides is 1. The number of carbonyl (C=O) groups is 1. The Morgan fingerprint density at radius 3 is 2.64 bits per heavy atom. The molecule has 1 atom stereocenters. The second-order valence-electron chi connectivity index (χ2n) is 5.14. The van der Waals surface area contributed by atoms with Crippen LogP contribution in [0.1, 0.15) is 37.3 Å². The maximum atomic E-state index is 12.7. The minimum absolute atomic E-state index is 0.0516. The van der Waals surface area contributed by atoms with Gasteiger partial charge in [-0.25, -0.2) is 4.39 Å². The van der Waals surface area contributed by atoms with Gasteiger partial charge in [0, 0.05) is 6.42 Å². The van der Waals surface area contributed by atoms with Crippen molar-refractivity contribution in [2.45, 2.75) is 32.7 Å². The van der Waals surface area contributed by atoms with Gasteiger partial charge < -0.3 is 14.5 Å². The molecule has 118 valence electrons. The number of carbonyl (C=O) groups excluding carboxylic acids is 1. The van der Waals surface area contributed by atoms with Gasteiger partial charge in [0.1, 0.15) is 23.1 Å². The highest BCUT2D eigenvalue weighted by molar-refractivity contribution is 5.76. The van der Waals surface area contributed by atoms with E-state index in [2.05, 4.69) is 5.32 Å². The zero-order valence-electron chi connectivity index (χ0n) is 12.8. The first kappa shape index (κ1) is 16.1. The molecule has 5 heteroatoms. The lowest BCUT2D eigenvalue weighted by Crippen LogP contribution is -2.26. The Labute approximate surface area is 129 Å². The van der Waals surface area contributed by atoms with Gasteiger partial charge in [-0.3, -0.25) is 4.79 Å². The third-order valence-electron chi connectivity index (χ3n) is 3.20. The first-order valence-corrected chi connectivity index (χ1v) is 7.28. The fourth-order valence-corrected chi connectivity index (χ4v) is 2.02. The summed E-state index contributed by atoms with van der Waals surface area (Å²) < 4.78 is 23.6. The molecule has 0 fully saturated rings. The van der Waals surface area contributed by atoms with Crippen LogP contribution in [0.5, 0.6) is 5.75 Å². The molecule has 1 heterocycles. The summed E-state index contributed by atoms with van der Waals surface area (Å²) in [6, 6.07) is 9.39. The molecule has 1 aromatic heterocycles. The van der Waals surface area contributed by atoms with Crippen molar-refractivity contribution in [2.24, 2.45) is 0 Å². The highest BCUT2D eigenvalue weighted by Crippen LogP contribution is 2.16. The number of aryl methyl sites for hydroxylation is 1. The van der Waals surface area contributed by atoms with Crippen molar-refractivity contribution in [2.75, 3.05) is 6.61 Å². The van der Waals surface area contributed by atoms with Crippen LogP contribution in [0.25, 0.3) is 0 Å². The second-order valence-corrected chi connectivity index (χ2v) is 5.14. The van der Waals surface area contributed by atoms with Crippen molar-refractivity contribution in [3.05, 3.63) is 53.7 Å². The number of nitrogens with one attached hydrogen (secondary N) is 1. The van der Waals surface area contributed by atoms with Gasteiger partial charge in [0.2, 0.25) is 5.91 Å². The highest BCUT2D eigenvalue weighted by atomic mass is 19.1. The van der Waals surface area contributed by atoms with Gasteiger partial charge in [-0.15, -0.1) is 0 Å². The summed E-state index contributed by atoms with van der Waals surface area (Å²) in [5.74, 6) is 1.82. The fourth-order valence-electron chi connectivity index (χ4n) is 2.02. The monoisotopic (exact) mass is 305 g/mol. The van der Waals surface area contributed by atoms with E-state index in [0.717, 1.165) is 11.5 Å². The van der Waals surface area contributed by atoms with E-state index in [0.29, 0.717) is 25.2 Å². The van der Waals surface area contributed by atoms with Crippen LogP contribution in [-0.4, -0.2) is 12.5 Å². The Hall–Kier alpha value is -2.30. The van der Waals surface area contributed by atoms with Crippen molar-refractivity contribution >= 4 is 5.91 Å². The molecule has 4 nitrogen and oxygen atoms in total. The van der Waals surface area contributed by atoms with E-state index in [4.69, 9.17) is 9.15 Å². The second kappa shape index (κ2) is 7.64. The van der Waals surface area contributed by atoms with Gasteiger partial charge in [0.05, 0.1) is 12.6 Å². The van der Waals surface area contributed by atoms with Crippen molar-refractivity contribution in [3.8, 4) is 5.75 Å². The van der Waals surface area contributed by atoms with E-state index in [1.54, 1.807) is 12.1 Å². The maximum Gasteiger partial charge on any atom is 0.220 e. The molecule has 1 amide bonds. The number of hydrogen-bond donors (Lipinski definition) is 1. The van der Waals surface area contributed by atoms with Gasteiger partial charge in [-0.2, -0.15) is 0 Å². The van der Waals surface area contributed by atoms with Crippen molar-refractivity contribution in [1.82, 2.24) is 5.32 Å². The summed E-state index contributed by atoms with van der Waals surface area (Å²) in [6.45, 7) is 4.16. The third-order valence-corrected chi connectivity index (χ3v) is 3.20. The lowest BCUT2D eigenvalue weighted by Gasteiger charge is -2.11. The van der Waals surface area contributed by atoms with Crippen LogP contribution in [0.4, 0.5) is 4.39 Å². The minimum Gasteiger partial charge on any atom is -0.494 e. The molecular formula is C17H20FNO3. The summed E-state index contributed by atoms with van der Waals surface area (Å²) in [7, 11) is 0. The van der Waals surface area contributed by atoms with E-state index >= 15 is 0 Å². The van der Waals surface area contributed by atoms with E-state index in [9.17, 15) is 9.18 Å². The number of hydrogen-bond acceptors (Lipinski definition) is 3. The molecule has 1 N–H and O–H groups in total. The molecule has 0 aliphatic rings. The van der Waals surface area contributed by atoms with Crippen LogP contribution in [0.15, 0.2) is 40.8 Å².